The van der Waals surface area contributed by atoms with Crippen LogP contribution >= 0.6 is 11.6 Å². The third-order valence-electron chi connectivity index (χ3n) is 5.78. The summed E-state index contributed by atoms with van der Waals surface area (Å²) < 4.78 is 46.8. The number of carbonyl (C=O) groups excluding carboxylic acids is 1. The predicted molar refractivity (Wildman–Crippen MR) is 123 cm³/mol. The average Bonchev–Trinajstić information content (AvgIpc) is 3.15. The van der Waals surface area contributed by atoms with E-state index >= 15 is 0 Å². The van der Waals surface area contributed by atoms with Crippen LogP contribution in [0.25, 0.3) is 11.3 Å². The van der Waals surface area contributed by atoms with E-state index in [1.807, 2.05) is 0 Å². The maximum Gasteiger partial charge on any atom is 0.261 e. The summed E-state index contributed by atoms with van der Waals surface area (Å²) in [6.07, 6.45) is 1.67. The van der Waals surface area contributed by atoms with E-state index < -0.39 is 21.7 Å². The van der Waals surface area contributed by atoms with Crippen molar-refractivity contribution in [2.24, 2.45) is 5.92 Å². The quantitative estimate of drug-likeness (QED) is 0.535. The van der Waals surface area contributed by atoms with Crippen molar-refractivity contribution in [1.29, 1.82) is 0 Å². The zero-order chi connectivity index (χ0) is 23.8. The summed E-state index contributed by atoms with van der Waals surface area (Å²) in [6.45, 7) is 4.64. The first-order valence-corrected chi connectivity index (χ1v) is 12.3. The molecule has 10 heteroatoms. The predicted octanol–water partition coefficient (Wildman–Crippen LogP) is 5.12. The Bertz CT molecular complexity index is 1260. The van der Waals surface area contributed by atoms with Crippen LogP contribution in [0, 0.1) is 18.7 Å². The Morgan fingerprint density at radius 1 is 1.18 bits per heavy atom. The number of piperidine rings is 1. The smallest absolute Gasteiger partial charge is 0.261 e. The van der Waals surface area contributed by atoms with Crippen molar-refractivity contribution in [3.8, 4) is 11.3 Å². The van der Waals surface area contributed by atoms with E-state index in [0.29, 0.717) is 24.7 Å². The van der Waals surface area contributed by atoms with Gasteiger partial charge in [-0.05, 0) is 62.1 Å². The van der Waals surface area contributed by atoms with E-state index in [2.05, 4.69) is 17.4 Å². The fourth-order valence-electron chi connectivity index (χ4n) is 3.81. The summed E-state index contributed by atoms with van der Waals surface area (Å²) in [6, 6.07) is 10.1. The number of nitrogens with one attached hydrogen (secondary N) is 1. The summed E-state index contributed by atoms with van der Waals surface area (Å²) in [4.78, 5) is 13.1. The molecule has 0 atom stereocenters. The highest BCUT2D eigenvalue weighted by Crippen LogP contribution is 2.34. The van der Waals surface area contributed by atoms with Crippen molar-refractivity contribution in [3.05, 3.63) is 64.6 Å². The molecule has 0 unspecified atom stereocenters. The van der Waals surface area contributed by atoms with E-state index in [-0.39, 0.29) is 32.5 Å². The van der Waals surface area contributed by atoms with Crippen LogP contribution in [0.15, 0.2) is 51.9 Å². The second kappa shape index (κ2) is 9.24. The molecule has 0 spiro atoms. The van der Waals surface area contributed by atoms with Gasteiger partial charge in [-0.25, -0.2) is 12.8 Å². The average molecular weight is 492 g/mol. The van der Waals surface area contributed by atoms with Gasteiger partial charge in [0.2, 0.25) is 10.0 Å². The van der Waals surface area contributed by atoms with Crippen LogP contribution in [0.4, 0.5) is 10.1 Å². The van der Waals surface area contributed by atoms with Crippen LogP contribution in [-0.4, -0.2) is 36.9 Å². The molecule has 0 aliphatic carbocycles. The number of sulfonamides is 1. The number of aromatic nitrogens is 1. The first kappa shape index (κ1) is 23.4. The lowest BCUT2D eigenvalue weighted by Gasteiger charge is -2.29. The van der Waals surface area contributed by atoms with Crippen molar-refractivity contribution in [2.45, 2.75) is 31.6 Å². The number of benzene rings is 2. The molecule has 1 N–H and O–H groups in total. The molecule has 33 heavy (non-hydrogen) atoms. The Balaban J connectivity index is 1.56. The summed E-state index contributed by atoms with van der Waals surface area (Å²) in [5.74, 6) is -0.505. The zero-order valence-electron chi connectivity index (χ0n) is 18.1. The number of halogens is 2. The molecule has 1 aliphatic rings. The fourth-order valence-corrected chi connectivity index (χ4v) is 5.53. The molecule has 0 saturated carbocycles. The number of hydrogen-bond acceptors (Lipinski definition) is 5. The second-order valence-corrected chi connectivity index (χ2v) is 10.5. The molecule has 1 aromatic heterocycles. The zero-order valence-corrected chi connectivity index (χ0v) is 19.7. The minimum atomic E-state index is -3.59. The number of anilines is 1. The molecule has 1 aliphatic heterocycles. The van der Waals surface area contributed by atoms with Crippen molar-refractivity contribution in [1.82, 2.24) is 9.46 Å². The van der Waals surface area contributed by atoms with Crippen LogP contribution in [0.3, 0.4) is 0 Å². The molecular weight excluding hydrogens is 469 g/mol. The monoisotopic (exact) mass is 491 g/mol. The third kappa shape index (κ3) is 4.66. The largest absolute Gasteiger partial charge is 0.360 e. The SMILES string of the molecule is Cc1onc(-c2c(F)cccc2Cl)c1C(=O)Nc1ccc(S(=O)(=O)N2CCC(C)CC2)cc1. The molecule has 3 aromatic rings. The molecule has 1 saturated heterocycles. The van der Waals surface area contributed by atoms with Crippen molar-refractivity contribution < 1.29 is 22.1 Å². The van der Waals surface area contributed by atoms with Gasteiger partial charge in [0.05, 0.1) is 15.5 Å². The van der Waals surface area contributed by atoms with Gasteiger partial charge in [-0.3, -0.25) is 4.79 Å². The van der Waals surface area contributed by atoms with Gasteiger partial charge in [0.25, 0.3) is 5.91 Å². The molecule has 0 bridgehead atoms. The molecule has 7 nitrogen and oxygen atoms in total. The topological polar surface area (TPSA) is 92.5 Å². The van der Waals surface area contributed by atoms with Crippen molar-refractivity contribution in [2.75, 3.05) is 18.4 Å². The maximum absolute atomic E-state index is 14.4. The standard InChI is InChI=1S/C23H23ClFN3O4S/c1-14-10-12-28(13-11-14)33(30,31)17-8-6-16(7-9-17)26-23(29)20-15(2)32-27-22(20)21-18(24)4-3-5-19(21)25/h3-9,14H,10-13H2,1-2H3,(H,26,29). The lowest BCUT2D eigenvalue weighted by molar-refractivity contribution is 0.102. The molecular formula is C23H23ClFN3O4S. The normalized spacial score (nSPS) is 15.5. The Kier molecular flexibility index (Phi) is 6.56. The van der Waals surface area contributed by atoms with Gasteiger partial charge in [0, 0.05) is 18.8 Å². The molecule has 4 rings (SSSR count). The van der Waals surface area contributed by atoms with Crippen LogP contribution in [0.1, 0.15) is 35.9 Å². The lowest BCUT2D eigenvalue weighted by atomic mass is 10.0. The molecule has 2 aromatic carbocycles. The highest BCUT2D eigenvalue weighted by molar-refractivity contribution is 7.89. The van der Waals surface area contributed by atoms with E-state index in [4.69, 9.17) is 16.1 Å². The molecule has 2 heterocycles. The number of nitrogens with zero attached hydrogens (tertiary/aromatic N) is 2. The summed E-state index contributed by atoms with van der Waals surface area (Å²) in [5, 5.41) is 6.61. The van der Waals surface area contributed by atoms with E-state index in [1.54, 1.807) is 0 Å². The number of amides is 1. The first-order valence-electron chi connectivity index (χ1n) is 10.5. The second-order valence-electron chi connectivity index (χ2n) is 8.12. The first-order chi connectivity index (χ1) is 15.7. The van der Waals surface area contributed by atoms with E-state index in [1.165, 1.54) is 53.7 Å². The number of rotatable bonds is 5. The highest BCUT2D eigenvalue weighted by atomic mass is 35.5. The molecule has 174 valence electrons. The molecule has 0 radical (unpaired) electrons. The van der Waals surface area contributed by atoms with Gasteiger partial charge in [0.1, 0.15) is 22.8 Å². The Morgan fingerprint density at radius 2 is 1.85 bits per heavy atom. The fraction of sp³-hybridized carbons (Fsp3) is 0.304. The van der Waals surface area contributed by atoms with Crippen LogP contribution in [0.2, 0.25) is 5.02 Å². The van der Waals surface area contributed by atoms with Crippen molar-refractivity contribution >= 4 is 33.2 Å². The summed E-state index contributed by atoms with van der Waals surface area (Å²) in [7, 11) is -3.59. The number of aryl methyl sites for hydroxylation is 1. The van der Waals surface area contributed by atoms with Crippen LogP contribution < -0.4 is 5.32 Å². The van der Waals surface area contributed by atoms with Gasteiger partial charge in [-0.15, -0.1) is 0 Å². The minimum absolute atomic E-state index is 0.00775. The maximum atomic E-state index is 14.4. The van der Waals surface area contributed by atoms with Gasteiger partial charge in [-0.1, -0.05) is 29.7 Å². The Labute approximate surface area is 196 Å². The molecule has 1 amide bonds. The number of hydrogen-bond donors (Lipinski definition) is 1. The van der Waals surface area contributed by atoms with Crippen LogP contribution in [0.5, 0.6) is 0 Å². The van der Waals surface area contributed by atoms with Gasteiger partial charge in [-0.2, -0.15) is 4.31 Å². The Morgan fingerprint density at radius 3 is 2.48 bits per heavy atom. The van der Waals surface area contributed by atoms with Gasteiger partial charge >= 0.3 is 0 Å². The summed E-state index contributed by atoms with van der Waals surface area (Å²) >= 11 is 6.13. The highest BCUT2D eigenvalue weighted by Gasteiger charge is 2.28. The Hall–Kier alpha value is -2.75. The van der Waals surface area contributed by atoms with Gasteiger partial charge < -0.3 is 9.84 Å². The number of carbonyl (C=O) groups is 1. The lowest BCUT2D eigenvalue weighted by Crippen LogP contribution is -2.37. The molecule has 1 fully saturated rings. The van der Waals surface area contributed by atoms with E-state index in [0.717, 1.165) is 12.8 Å². The van der Waals surface area contributed by atoms with Crippen molar-refractivity contribution in [3.63, 3.8) is 0 Å². The van der Waals surface area contributed by atoms with Crippen LogP contribution in [-0.2, 0) is 10.0 Å². The van der Waals surface area contributed by atoms with Gasteiger partial charge in [0.15, 0.2) is 0 Å². The third-order valence-corrected chi connectivity index (χ3v) is 8.01. The summed E-state index contributed by atoms with van der Waals surface area (Å²) in [5.41, 5.74) is 0.378. The van der Waals surface area contributed by atoms with E-state index in [9.17, 15) is 17.6 Å². The minimum Gasteiger partial charge on any atom is -0.360 e.